The van der Waals surface area contributed by atoms with E-state index >= 15 is 0 Å². The molecule has 0 radical (unpaired) electrons. The summed E-state index contributed by atoms with van der Waals surface area (Å²) in [5, 5.41) is 3.41. The Bertz CT molecular complexity index is 222. The van der Waals surface area contributed by atoms with Gasteiger partial charge in [0.1, 0.15) is 0 Å². The molecule has 16 heavy (non-hydrogen) atoms. The van der Waals surface area contributed by atoms with Crippen LogP contribution >= 0.6 is 35.6 Å². The van der Waals surface area contributed by atoms with Gasteiger partial charge in [0.15, 0.2) is 0 Å². The average molecular weight is 289 g/mol. The van der Waals surface area contributed by atoms with Crippen LogP contribution in [0.1, 0.15) is 12.5 Å². The molecule has 0 saturated heterocycles. The highest BCUT2D eigenvalue weighted by Crippen LogP contribution is 2.01. The monoisotopic (exact) mass is 287 g/mol. The second-order valence-corrected chi connectivity index (χ2v) is 3.79. The molecule has 1 atom stereocenters. The lowest BCUT2D eigenvalue weighted by molar-refractivity contribution is 0.608. The Morgan fingerprint density at radius 1 is 1.19 bits per heavy atom. The number of nitrogens with one attached hydrogen (secondary N) is 1. The summed E-state index contributed by atoms with van der Waals surface area (Å²) in [6.45, 7) is 2.19. The standard InChI is InChI=1S/C10H15N.CH2Cl2.ClH.H2O/c1-9(11-2)8-10-6-4-3-5-7-10;2-1-3;;/h3-7,9,11H,8H2,1-2H3;1H2;1H;1H2/t9-;;;/m0.../s1. The van der Waals surface area contributed by atoms with Crippen LogP contribution in [0, 0.1) is 0 Å². The highest BCUT2D eigenvalue weighted by molar-refractivity contribution is 6.40. The Kier molecular flexibility index (Phi) is 20.0. The second kappa shape index (κ2) is 15.0. The van der Waals surface area contributed by atoms with Gasteiger partial charge in [-0.3, -0.25) is 0 Å². The van der Waals surface area contributed by atoms with Gasteiger partial charge in [-0.2, -0.15) is 0 Å². The molecular weight excluding hydrogens is 268 g/mol. The van der Waals surface area contributed by atoms with Gasteiger partial charge in [0, 0.05) is 6.04 Å². The molecule has 0 heterocycles. The lowest BCUT2D eigenvalue weighted by Gasteiger charge is -2.08. The van der Waals surface area contributed by atoms with Gasteiger partial charge in [0.25, 0.3) is 0 Å². The number of halogens is 3. The zero-order chi connectivity index (χ0) is 10.8. The fourth-order valence-corrected chi connectivity index (χ4v) is 1.07. The van der Waals surface area contributed by atoms with Crippen LogP contribution in [0.5, 0.6) is 0 Å². The first kappa shape index (κ1) is 21.3. The number of alkyl halides is 2. The Balaban J connectivity index is -0.000000306. The molecule has 0 fully saturated rings. The highest BCUT2D eigenvalue weighted by atomic mass is 35.5. The number of hydrogen-bond acceptors (Lipinski definition) is 1. The van der Waals surface area contributed by atoms with Crippen LogP contribution in [0.2, 0.25) is 0 Å². The normalized spacial score (nSPS) is 10.0. The van der Waals surface area contributed by atoms with Gasteiger partial charge in [-0.15, -0.1) is 35.6 Å². The Morgan fingerprint density at radius 3 is 2.00 bits per heavy atom. The molecule has 0 aliphatic rings. The average Bonchev–Trinajstić information content (AvgIpc) is 2.20. The minimum atomic E-state index is 0. The molecular formula is C11H20Cl3NO. The van der Waals surface area contributed by atoms with Gasteiger partial charge in [0.2, 0.25) is 0 Å². The van der Waals surface area contributed by atoms with Crippen LogP contribution < -0.4 is 5.32 Å². The van der Waals surface area contributed by atoms with Gasteiger partial charge >= 0.3 is 0 Å². The van der Waals surface area contributed by atoms with Crippen molar-refractivity contribution in [3.8, 4) is 0 Å². The zero-order valence-corrected chi connectivity index (χ0v) is 11.9. The molecule has 0 saturated carbocycles. The number of hydrogen-bond donors (Lipinski definition) is 1. The first-order chi connectivity index (χ1) is 6.74. The van der Waals surface area contributed by atoms with E-state index in [1.165, 1.54) is 5.56 Å². The summed E-state index contributed by atoms with van der Waals surface area (Å²) >= 11 is 9.53. The lowest BCUT2D eigenvalue weighted by atomic mass is 10.1. The van der Waals surface area contributed by atoms with Crippen LogP contribution in [0.25, 0.3) is 0 Å². The molecule has 96 valence electrons. The lowest BCUT2D eigenvalue weighted by Crippen LogP contribution is -2.23. The van der Waals surface area contributed by atoms with Crippen LogP contribution in [-0.4, -0.2) is 23.9 Å². The second-order valence-electron chi connectivity index (χ2n) is 2.98. The quantitative estimate of drug-likeness (QED) is 0.854. The molecule has 2 nitrogen and oxygen atoms in total. The van der Waals surface area contributed by atoms with Crippen molar-refractivity contribution in [2.45, 2.75) is 19.4 Å². The van der Waals surface area contributed by atoms with Crippen LogP contribution in [0.4, 0.5) is 0 Å². The smallest absolute Gasteiger partial charge is 0.0967 e. The fourth-order valence-electron chi connectivity index (χ4n) is 1.07. The maximum atomic E-state index is 4.76. The predicted octanol–water partition coefficient (Wildman–Crippen LogP) is 2.86. The van der Waals surface area contributed by atoms with E-state index in [1.54, 1.807) is 0 Å². The van der Waals surface area contributed by atoms with Crippen molar-refractivity contribution in [1.82, 2.24) is 5.32 Å². The molecule has 1 rings (SSSR count). The summed E-state index contributed by atoms with van der Waals surface area (Å²) < 4.78 is 0. The van der Waals surface area contributed by atoms with Crippen molar-refractivity contribution < 1.29 is 5.48 Å². The minimum Gasteiger partial charge on any atom is -0.412 e. The SMILES string of the molecule is CN[C@@H](C)Cc1ccccc1.Cl.ClCCl.O. The predicted molar refractivity (Wildman–Crippen MR) is 76.1 cm³/mol. The molecule has 0 spiro atoms. The third-order valence-corrected chi connectivity index (χ3v) is 1.88. The van der Waals surface area contributed by atoms with Gasteiger partial charge in [-0.05, 0) is 26.0 Å². The van der Waals surface area contributed by atoms with Crippen LogP contribution in [0.3, 0.4) is 0 Å². The Labute approximate surface area is 114 Å². The van der Waals surface area contributed by atoms with Gasteiger partial charge < -0.3 is 10.8 Å². The van der Waals surface area contributed by atoms with Crippen LogP contribution in [0.15, 0.2) is 30.3 Å². The fraction of sp³-hybridized carbons (Fsp3) is 0.455. The first-order valence-corrected chi connectivity index (χ1v) is 5.64. The molecule has 0 unspecified atom stereocenters. The van der Waals surface area contributed by atoms with Gasteiger partial charge in [-0.25, -0.2) is 0 Å². The summed E-state index contributed by atoms with van der Waals surface area (Å²) in [7, 11) is 1.99. The molecule has 0 aliphatic heterocycles. The molecule has 5 heteroatoms. The topological polar surface area (TPSA) is 43.5 Å². The van der Waals surface area contributed by atoms with Crippen molar-refractivity contribution in [2.24, 2.45) is 0 Å². The van der Waals surface area contributed by atoms with Gasteiger partial charge in [0.05, 0.1) is 5.34 Å². The van der Waals surface area contributed by atoms with E-state index in [4.69, 9.17) is 23.2 Å². The molecule has 0 bridgehead atoms. The van der Waals surface area contributed by atoms with E-state index in [0.717, 1.165) is 6.42 Å². The van der Waals surface area contributed by atoms with Crippen molar-refractivity contribution in [1.29, 1.82) is 0 Å². The Hall–Kier alpha value is 0.01000. The van der Waals surface area contributed by atoms with Crippen molar-refractivity contribution in [3.05, 3.63) is 35.9 Å². The summed E-state index contributed by atoms with van der Waals surface area (Å²) in [6, 6.07) is 11.1. The first-order valence-electron chi connectivity index (χ1n) is 4.57. The summed E-state index contributed by atoms with van der Waals surface area (Å²) in [5.74, 6) is 0. The third kappa shape index (κ3) is 12.1. The van der Waals surface area contributed by atoms with Crippen molar-refractivity contribution in [3.63, 3.8) is 0 Å². The minimum absolute atomic E-state index is 0. The number of benzene rings is 1. The third-order valence-electron chi connectivity index (χ3n) is 1.88. The van der Waals surface area contributed by atoms with Crippen molar-refractivity contribution in [2.75, 3.05) is 12.4 Å². The maximum absolute atomic E-state index is 4.76. The summed E-state index contributed by atoms with van der Waals surface area (Å²) in [6.07, 6.45) is 1.11. The molecule has 1 aromatic carbocycles. The molecule has 0 aliphatic carbocycles. The van der Waals surface area contributed by atoms with Crippen molar-refractivity contribution >= 4 is 35.6 Å². The van der Waals surface area contributed by atoms with E-state index in [0.29, 0.717) is 6.04 Å². The highest BCUT2D eigenvalue weighted by Gasteiger charge is 1.97. The molecule has 0 amide bonds. The Morgan fingerprint density at radius 2 is 1.62 bits per heavy atom. The van der Waals surface area contributed by atoms with Gasteiger partial charge in [-0.1, -0.05) is 30.3 Å². The van der Waals surface area contributed by atoms with E-state index in [2.05, 4.69) is 36.5 Å². The van der Waals surface area contributed by atoms with Crippen LogP contribution in [-0.2, 0) is 6.42 Å². The molecule has 0 aromatic heterocycles. The van der Waals surface area contributed by atoms with E-state index < -0.39 is 0 Å². The number of likely N-dealkylation sites (N-methyl/N-ethyl adjacent to an activating group) is 1. The number of rotatable bonds is 3. The molecule has 1 aromatic rings. The van der Waals surface area contributed by atoms with E-state index in [9.17, 15) is 0 Å². The summed E-state index contributed by atoms with van der Waals surface area (Å²) in [4.78, 5) is 0. The zero-order valence-electron chi connectivity index (χ0n) is 9.54. The maximum Gasteiger partial charge on any atom is 0.0967 e. The largest absolute Gasteiger partial charge is 0.412 e. The van der Waals surface area contributed by atoms with E-state index in [1.807, 2.05) is 13.1 Å². The summed E-state index contributed by atoms with van der Waals surface area (Å²) in [5.41, 5.74) is 1.40. The molecule has 3 N–H and O–H groups in total. The van der Waals surface area contributed by atoms with E-state index in [-0.39, 0.29) is 23.2 Å².